The lowest BCUT2D eigenvalue weighted by atomic mass is 9.95. The van der Waals surface area contributed by atoms with Gasteiger partial charge in [-0.25, -0.2) is 0 Å². The number of nitrogens with one attached hydrogen (secondary N) is 1. The third-order valence-corrected chi connectivity index (χ3v) is 5.73. The Hall–Kier alpha value is -4.32. The minimum atomic E-state index is -0.386. The number of para-hydroxylation sites is 2. The molecule has 0 aliphatic carbocycles. The number of ether oxygens (including phenoxy) is 1. The van der Waals surface area contributed by atoms with E-state index in [1.54, 1.807) is 6.26 Å². The Labute approximate surface area is 177 Å². The average molecular weight is 407 g/mol. The summed E-state index contributed by atoms with van der Waals surface area (Å²) in [6, 6.07) is 15.6. The van der Waals surface area contributed by atoms with Crippen LogP contribution in [0.4, 0.5) is 0 Å². The number of carbonyl (C=O) groups is 2. The summed E-state index contributed by atoms with van der Waals surface area (Å²) < 4.78 is 9.49. The number of nitrogens with zero attached hydrogens (tertiary/aromatic N) is 2. The van der Waals surface area contributed by atoms with Crippen molar-refractivity contribution in [3.05, 3.63) is 84.4 Å². The van der Waals surface area contributed by atoms with Gasteiger partial charge in [0.2, 0.25) is 0 Å². The molecule has 31 heavy (non-hydrogen) atoms. The van der Waals surface area contributed by atoms with Gasteiger partial charge in [-0.05, 0) is 18.2 Å². The predicted octanol–water partition coefficient (Wildman–Crippen LogP) is 4.09. The Morgan fingerprint density at radius 2 is 1.29 bits per heavy atom. The molecule has 0 fully saturated rings. The fourth-order valence-corrected chi connectivity index (χ4v) is 4.40. The largest absolute Gasteiger partial charge is 0.496 e. The third kappa shape index (κ3) is 2.58. The number of carbonyl (C=O) groups excluding carboxylic acids is 2. The minimum Gasteiger partial charge on any atom is -0.496 e. The molecule has 0 unspecified atom stereocenters. The minimum absolute atomic E-state index is 0.380. The lowest BCUT2D eigenvalue weighted by Gasteiger charge is -2.03. The number of benzene rings is 2. The van der Waals surface area contributed by atoms with Crippen molar-refractivity contribution in [1.29, 1.82) is 0 Å². The average Bonchev–Trinajstić information content (AvgIpc) is 3.41. The summed E-state index contributed by atoms with van der Waals surface area (Å²) in [4.78, 5) is 26.0. The summed E-state index contributed by atoms with van der Waals surface area (Å²) >= 11 is 0. The van der Waals surface area contributed by atoms with E-state index in [0.29, 0.717) is 23.3 Å². The van der Waals surface area contributed by atoms with Crippen molar-refractivity contribution < 1.29 is 14.3 Å². The molecule has 2 aromatic heterocycles. The normalized spacial score (nSPS) is 17.9. The summed E-state index contributed by atoms with van der Waals surface area (Å²) in [6.45, 7) is 0.400. The first-order valence-electron chi connectivity index (χ1n) is 9.97. The van der Waals surface area contributed by atoms with Gasteiger partial charge in [-0.3, -0.25) is 14.9 Å². The van der Waals surface area contributed by atoms with Crippen molar-refractivity contribution in [3.8, 4) is 0 Å². The summed E-state index contributed by atoms with van der Waals surface area (Å²) in [5.41, 5.74) is 4.09. The van der Waals surface area contributed by atoms with Crippen LogP contribution in [-0.4, -0.2) is 27.6 Å². The maximum atomic E-state index is 13.0. The number of imide groups is 1. The monoisotopic (exact) mass is 407 g/mol. The number of hydrogen-bond acceptors (Lipinski definition) is 3. The van der Waals surface area contributed by atoms with Gasteiger partial charge in [-0.15, -0.1) is 0 Å². The predicted molar refractivity (Wildman–Crippen MR) is 120 cm³/mol. The molecule has 0 radical (unpaired) electrons. The van der Waals surface area contributed by atoms with E-state index in [1.807, 2.05) is 88.5 Å². The molecular weight excluding hydrogens is 390 g/mol. The standard InChI is InChI=1S/C25H17N3O3/c29-24-22-18-14-27(20-8-3-1-6-16(18)20)10-5-12-31-13-11-28-15-19(23(22)25(30)26-24)17-7-2-4-9-21(17)28/h1-11,13-15H,12H2,(H,26,29,30)/b10-5-,13-11-. The second-order valence-corrected chi connectivity index (χ2v) is 7.47. The zero-order chi connectivity index (χ0) is 20.9. The number of fused-ring (bicyclic) bond motifs is 12. The summed E-state index contributed by atoms with van der Waals surface area (Å²) in [5.74, 6) is -0.766. The van der Waals surface area contributed by atoms with Gasteiger partial charge in [-0.2, -0.15) is 0 Å². The van der Waals surface area contributed by atoms with Gasteiger partial charge in [-0.1, -0.05) is 36.4 Å². The molecule has 4 aromatic rings. The van der Waals surface area contributed by atoms with Gasteiger partial charge < -0.3 is 13.9 Å². The van der Waals surface area contributed by atoms with Crippen molar-refractivity contribution in [2.24, 2.45) is 0 Å². The van der Waals surface area contributed by atoms with E-state index < -0.39 is 0 Å². The molecule has 0 atom stereocenters. The molecule has 6 heteroatoms. The summed E-state index contributed by atoms with van der Waals surface area (Å²) in [6.07, 6.45) is 11.0. The van der Waals surface area contributed by atoms with Gasteiger partial charge >= 0.3 is 0 Å². The Kier molecular flexibility index (Phi) is 3.73. The highest BCUT2D eigenvalue weighted by Gasteiger charge is 2.35. The fourth-order valence-electron chi connectivity index (χ4n) is 4.40. The molecule has 4 bridgehead atoms. The Morgan fingerprint density at radius 1 is 0.742 bits per heavy atom. The van der Waals surface area contributed by atoms with Crippen LogP contribution < -0.4 is 5.32 Å². The van der Waals surface area contributed by atoms with Gasteiger partial charge in [0.15, 0.2) is 0 Å². The second kappa shape index (κ2) is 6.60. The smallest absolute Gasteiger partial charge is 0.259 e. The lowest BCUT2D eigenvalue weighted by Crippen LogP contribution is -2.22. The van der Waals surface area contributed by atoms with E-state index in [0.717, 1.165) is 27.4 Å². The quantitative estimate of drug-likeness (QED) is 0.447. The van der Waals surface area contributed by atoms with Gasteiger partial charge in [0.25, 0.3) is 11.8 Å². The molecule has 2 aliphatic rings. The summed E-state index contributed by atoms with van der Waals surface area (Å²) in [5, 5.41) is 4.30. The van der Waals surface area contributed by atoms with Gasteiger partial charge in [0, 0.05) is 46.7 Å². The molecule has 2 aromatic carbocycles. The molecule has 6 nitrogen and oxygen atoms in total. The lowest BCUT2D eigenvalue weighted by molar-refractivity contribution is -0.122. The van der Waals surface area contributed by atoms with Crippen LogP contribution in [0.15, 0.2) is 73.3 Å². The van der Waals surface area contributed by atoms with E-state index in [1.165, 1.54) is 0 Å². The maximum absolute atomic E-state index is 13.0. The molecular formula is C25H17N3O3. The van der Waals surface area contributed by atoms with Crippen LogP contribution in [-0.2, 0) is 14.3 Å². The van der Waals surface area contributed by atoms with E-state index in [2.05, 4.69) is 5.32 Å². The van der Waals surface area contributed by atoms with E-state index in [9.17, 15) is 9.59 Å². The molecule has 2 amide bonds. The Bertz CT molecular complexity index is 1390. The van der Waals surface area contributed by atoms with Crippen LogP contribution in [0.5, 0.6) is 0 Å². The molecule has 2 aliphatic heterocycles. The van der Waals surface area contributed by atoms with Crippen LogP contribution in [0.3, 0.4) is 0 Å². The van der Waals surface area contributed by atoms with E-state index >= 15 is 0 Å². The Balaban J connectivity index is 1.76. The van der Waals surface area contributed by atoms with Gasteiger partial charge in [0.05, 0.1) is 28.4 Å². The number of aromatic nitrogens is 2. The van der Waals surface area contributed by atoms with Crippen molar-refractivity contribution in [3.63, 3.8) is 0 Å². The van der Waals surface area contributed by atoms with Crippen molar-refractivity contribution >= 4 is 57.2 Å². The number of amides is 2. The highest BCUT2D eigenvalue weighted by atomic mass is 16.5. The first-order valence-corrected chi connectivity index (χ1v) is 9.97. The molecule has 0 saturated heterocycles. The molecule has 4 heterocycles. The molecule has 0 spiro atoms. The SMILES string of the molecule is O=C1NC(=O)C2=C1c1cn(c3ccccc13)/C=C\CO/C=C\n1cc2c2ccccc21. The van der Waals surface area contributed by atoms with Crippen LogP contribution in [0.1, 0.15) is 11.1 Å². The molecule has 1 N–H and O–H groups in total. The highest BCUT2D eigenvalue weighted by molar-refractivity contribution is 6.50. The van der Waals surface area contributed by atoms with Crippen LogP contribution in [0.25, 0.3) is 45.4 Å². The van der Waals surface area contributed by atoms with E-state index in [-0.39, 0.29) is 11.8 Å². The Morgan fingerprint density at radius 3 is 1.90 bits per heavy atom. The second-order valence-electron chi connectivity index (χ2n) is 7.47. The van der Waals surface area contributed by atoms with Crippen molar-refractivity contribution in [2.75, 3.05) is 6.61 Å². The van der Waals surface area contributed by atoms with Crippen LogP contribution >= 0.6 is 0 Å². The molecule has 150 valence electrons. The zero-order valence-corrected chi connectivity index (χ0v) is 16.4. The van der Waals surface area contributed by atoms with Gasteiger partial charge in [0.1, 0.15) is 6.61 Å². The summed E-state index contributed by atoms with van der Waals surface area (Å²) in [7, 11) is 0. The zero-order valence-electron chi connectivity index (χ0n) is 16.4. The molecule has 6 rings (SSSR count). The number of hydrogen-bond donors (Lipinski definition) is 1. The van der Waals surface area contributed by atoms with Crippen molar-refractivity contribution in [2.45, 2.75) is 0 Å². The highest BCUT2D eigenvalue weighted by Crippen LogP contribution is 2.39. The first-order chi connectivity index (χ1) is 15.2. The number of rotatable bonds is 0. The first kappa shape index (κ1) is 17.5. The third-order valence-electron chi connectivity index (χ3n) is 5.73. The maximum Gasteiger partial charge on any atom is 0.259 e. The topological polar surface area (TPSA) is 65.3 Å². The van der Waals surface area contributed by atoms with Crippen LogP contribution in [0.2, 0.25) is 0 Å². The fraction of sp³-hybridized carbons (Fsp3) is 0.0400. The van der Waals surface area contributed by atoms with Crippen molar-refractivity contribution in [1.82, 2.24) is 14.5 Å². The van der Waals surface area contributed by atoms with E-state index in [4.69, 9.17) is 4.74 Å². The van der Waals surface area contributed by atoms with Crippen LogP contribution in [0, 0.1) is 0 Å². The molecule has 0 saturated carbocycles.